The molecule has 0 bridgehead atoms. The molecule has 1 aromatic heterocycles. The number of rotatable bonds is 6. The first-order chi connectivity index (χ1) is 7.53. The van der Waals surface area contributed by atoms with Crippen molar-refractivity contribution in [2.45, 2.75) is 38.8 Å². The Balaban J connectivity index is 2.26. The highest BCUT2D eigenvalue weighted by atomic mass is 32.2. The van der Waals surface area contributed by atoms with Gasteiger partial charge in [0, 0.05) is 17.6 Å². The van der Waals surface area contributed by atoms with Crippen molar-refractivity contribution in [3.8, 4) is 0 Å². The number of thioether (sulfide) groups is 1. The normalized spacial score (nSPS) is 11.8. The van der Waals surface area contributed by atoms with E-state index in [1.807, 2.05) is 19.2 Å². The Morgan fingerprint density at radius 3 is 2.81 bits per heavy atom. The number of hydrogen-bond acceptors (Lipinski definition) is 4. The van der Waals surface area contributed by atoms with Gasteiger partial charge in [0.15, 0.2) is 5.16 Å². The molecule has 0 aliphatic heterocycles. The summed E-state index contributed by atoms with van der Waals surface area (Å²) in [6.07, 6.45) is 4.13. The lowest BCUT2D eigenvalue weighted by molar-refractivity contribution is 0.345. The fraction of sp³-hybridized carbons (Fsp3) is 0.667. The molecule has 2 N–H and O–H groups in total. The molecule has 90 valence electrons. The average Bonchev–Trinajstić information content (AvgIpc) is 2.25. The molecule has 0 aliphatic rings. The third kappa shape index (κ3) is 4.94. The van der Waals surface area contributed by atoms with Gasteiger partial charge >= 0.3 is 0 Å². The van der Waals surface area contributed by atoms with Crippen molar-refractivity contribution in [2.24, 2.45) is 11.1 Å². The summed E-state index contributed by atoms with van der Waals surface area (Å²) in [4.78, 5) is 8.58. The van der Waals surface area contributed by atoms with E-state index < -0.39 is 0 Å². The summed E-state index contributed by atoms with van der Waals surface area (Å²) < 4.78 is 0. The van der Waals surface area contributed by atoms with Gasteiger partial charge in [0.05, 0.1) is 0 Å². The summed E-state index contributed by atoms with van der Waals surface area (Å²) in [5.74, 6) is 1.06. The average molecular weight is 239 g/mol. The highest BCUT2D eigenvalue weighted by Crippen LogP contribution is 2.23. The summed E-state index contributed by atoms with van der Waals surface area (Å²) in [6, 6.07) is 1.92. The van der Waals surface area contributed by atoms with Gasteiger partial charge in [-0.3, -0.25) is 0 Å². The first-order valence-corrected chi connectivity index (χ1v) is 6.64. The molecule has 0 aromatic carbocycles. The zero-order valence-electron chi connectivity index (χ0n) is 10.4. The van der Waals surface area contributed by atoms with E-state index in [0.717, 1.165) is 36.0 Å². The van der Waals surface area contributed by atoms with Gasteiger partial charge in [0.25, 0.3) is 0 Å². The van der Waals surface area contributed by atoms with E-state index in [-0.39, 0.29) is 5.41 Å². The maximum atomic E-state index is 5.69. The molecule has 0 saturated carbocycles. The van der Waals surface area contributed by atoms with Gasteiger partial charge < -0.3 is 5.73 Å². The van der Waals surface area contributed by atoms with Crippen LogP contribution in [0.2, 0.25) is 0 Å². The number of nitrogens with zero attached hydrogens (tertiary/aromatic N) is 2. The predicted molar refractivity (Wildman–Crippen MR) is 69.6 cm³/mol. The van der Waals surface area contributed by atoms with Gasteiger partial charge in [-0.2, -0.15) is 0 Å². The molecule has 0 spiro atoms. The third-order valence-corrected chi connectivity index (χ3v) is 3.50. The van der Waals surface area contributed by atoms with Gasteiger partial charge in [-0.25, -0.2) is 9.97 Å². The van der Waals surface area contributed by atoms with Crippen LogP contribution in [0.5, 0.6) is 0 Å². The minimum atomic E-state index is 0.258. The Kier molecular flexibility index (Phi) is 5.22. The quantitative estimate of drug-likeness (QED) is 0.471. The van der Waals surface area contributed by atoms with E-state index in [1.54, 1.807) is 11.8 Å². The lowest BCUT2D eigenvalue weighted by Gasteiger charge is -2.21. The Labute approximate surface area is 102 Å². The van der Waals surface area contributed by atoms with Crippen LogP contribution in [0.3, 0.4) is 0 Å². The van der Waals surface area contributed by atoms with Gasteiger partial charge in [0.2, 0.25) is 0 Å². The standard InChI is InChI=1S/C12H21N3S/c1-10-5-7-14-11(15-10)16-8-4-6-12(2,3)9-13/h5,7H,4,6,8-9,13H2,1-3H3. The van der Waals surface area contributed by atoms with Crippen LogP contribution in [0.15, 0.2) is 17.4 Å². The maximum Gasteiger partial charge on any atom is 0.187 e. The van der Waals surface area contributed by atoms with E-state index in [4.69, 9.17) is 5.73 Å². The number of aryl methyl sites for hydroxylation is 1. The smallest absolute Gasteiger partial charge is 0.187 e. The summed E-state index contributed by atoms with van der Waals surface area (Å²) in [5.41, 5.74) is 6.97. The topological polar surface area (TPSA) is 51.8 Å². The Morgan fingerprint density at radius 1 is 1.44 bits per heavy atom. The Morgan fingerprint density at radius 2 is 2.19 bits per heavy atom. The Hall–Kier alpha value is -0.610. The third-order valence-electron chi connectivity index (χ3n) is 2.55. The van der Waals surface area contributed by atoms with Crippen molar-refractivity contribution < 1.29 is 0 Å². The van der Waals surface area contributed by atoms with Crippen LogP contribution in [0.4, 0.5) is 0 Å². The fourth-order valence-electron chi connectivity index (χ4n) is 1.31. The van der Waals surface area contributed by atoms with Crippen molar-refractivity contribution in [3.05, 3.63) is 18.0 Å². The molecule has 0 aliphatic carbocycles. The molecule has 0 amide bonds. The maximum absolute atomic E-state index is 5.69. The lowest BCUT2D eigenvalue weighted by Crippen LogP contribution is -2.23. The van der Waals surface area contributed by atoms with Crippen LogP contribution in [0.25, 0.3) is 0 Å². The number of aromatic nitrogens is 2. The molecule has 1 aromatic rings. The Bertz CT molecular complexity index is 326. The van der Waals surface area contributed by atoms with Crippen LogP contribution in [0.1, 0.15) is 32.4 Å². The predicted octanol–water partition coefficient (Wildman–Crippen LogP) is 2.64. The molecule has 16 heavy (non-hydrogen) atoms. The van der Waals surface area contributed by atoms with Gasteiger partial charge in [0.1, 0.15) is 0 Å². The van der Waals surface area contributed by atoms with E-state index in [0.29, 0.717) is 0 Å². The van der Waals surface area contributed by atoms with Crippen molar-refractivity contribution >= 4 is 11.8 Å². The lowest BCUT2D eigenvalue weighted by atomic mass is 9.88. The minimum Gasteiger partial charge on any atom is -0.330 e. The molecule has 0 saturated heterocycles. The monoisotopic (exact) mass is 239 g/mol. The second-order valence-electron chi connectivity index (χ2n) is 4.80. The van der Waals surface area contributed by atoms with Crippen molar-refractivity contribution in [2.75, 3.05) is 12.3 Å². The van der Waals surface area contributed by atoms with E-state index >= 15 is 0 Å². The number of hydrogen-bond donors (Lipinski definition) is 1. The molecule has 3 nitrogen and oxygen atoms in total. The molecule has 0 atom stereocenters. The molecule has 0 fully saturated rings. The van der Waals surface area contributed by atoms with Crippen molar-refractivity contribution in [1.82, 2.24) is 9.97 Å². The van der Waals surface area contributed by atoms with Crippen LogP contribution in [0, 0.1) is 12.3 Å². The van der Waals surface area contributed by atoms with Gasteiger partial charge in [-0.1, -0.05) is 25.6 Å². The fourth-order valence-corrected chi connectivity index (χ4v) is 2.13. The van der Waals surface area contributed by atoms with Crippen LogP contribution in [-0.4, -0.2) is 22.3 Å². The number of nitrogens with two attached hydrogens (primary N) is 1. The van der Waals surface area contributed by atoms with Crippen molar-refractivity contribution in [3.63, 3.8) is 0 Å². The van der Waals surface area contributed by atoms with Crippen LogP contribution in [-0.2, 0) is 0 Å². The second kappa shape index (κ2) is 6.21. The largest absolute Gasteiger partial charge is 0.330 e. The molecule has 1 heterocycles. The van der Waals surface area contributed by atoms with Crippen LogP contribution < -0.4 is 5.73 Å². The van der Waals surface area contributed by atoms with Crippen LogP contribution >= 0.6 is 11.8 Å². The zero-order chi connectivity index (χ0) is 12.0. The summed E-state index contributed by atoms with van der Waals surface area (Å²) in [5, 5.41) is 0.880. The summed E-state index contributed by atoms with van der Waals surface area (Å²) in [6.45, 7) is 7.16. The zero-order valence-corrected chi connectivity index (χ0v) is 11.2. The minimum absolute atomic E-state index is 0.258. The molecule has 4 heteroatoms. The molecule has 0 radical (unpaired) electrons. The van der Waals surface area contributed by atoms with Gasteiger partial charge in [-0.15, -0.1) is 0 Å². The molecular weight excluding hydrogens is 218 g/mol. The second-order valence-corrected chi connectivity index (χ2v) is 5.86. The molecule has 1 rings (SSSR count). The molecular formula is C12H21N3S. The summed E-state index contributed by atoms with van der Waals surface area (Å²) >= 11 is 1.72. The SMILES string of the molecule is Cc1ccnc(SCCCC(C)(C)CN)n1. The highest BCUT2D eigenvalue weighted by Gasteiger charge is 2.14. The van der Waals surface area contributed by atoms with E-state index in [9.17, 15) is 0 Å². The first kappa shape index (κ1) is 13.5. The van der Waals surface area contributed by atoms with E-state index in [1.165, 1.54) is 0 Å². The first-order valence-electron chi connectivity index (χ1n) is 5.66. The van der Waals surface area contributed by atoms with Crippen molar-refractivity contribution in [1.29, 1.82) is 0 Å². The highest BCUT2D eigenvalue weighted by molar-refractivity contribution is 7.99. The molecule has 0 unspecified atom stereocenters. The van der Waals surface area contributed by atoms with Gasteiger partial charge in [-0.05, 0) is 37.8 Å². The summed E-state index contributed by atoms with van der Waals surface area (Å²) in [7, 11) is 0. The van der Waals surface area contributed by atoms with E-state index in [2.05, 4.69) is 23.8 Å².